The van der Waals surface area contributed by atoms with Gasteiger partial charge >= 0.3 is 6.09 Å². The number of carbonyl (C=O) groups is 1. The fraction of sp³-hybridized carbons (Fsp3) is 0.200. The number of benzene rings is 2. The third-order valence-corrected chi connectivity index (χ3v) is 4.53. The van der Waals surface area contributed by atoms with Gasteiger partial charge in [-0.05, 0) is 29.3 Å². The quantitative estimate of drug-likeness (QED) is 0.753. The number of amides is 1. The van der Waals surface area contributed by atoms with Crippen LogP contribution in [0.25, 0.3) is 11.1 Å². The van der Waals surface area contributed by atoms with E-state index in [1.165, 1.54) is 11.0 Å². The van der Waals surface area contributed by atoms with Crippen molar-refractivity contribution in [2.75, 3.05) is 18.1 Å². The number of aromatic nitrogens is 2. The van der Waals surface area contributed by atoms with Crippen molar-refractivity contribution >= 4 is 11.8 Å². The number of anilines is 1. The van der Waals surface area contributed by atoms with E-state index in [1.807, 2.05) is 35.0 Å². The van der Waals surface area contributed by atoms with Crippen LogP contribution in [-0.4, -0.2) is 40.0 Å². The Balaban J connectivity index is 1.53. The fourth-order valence-electron chi connectivity index (χ4n) is 3.11. The lowest BCUT2D eigenvalue weighted by Crippen LogP contribution is -2.25. The van der Waals surface area contributed by atoms with Gasteiger partial charge in [0.05, 0.1) is 25.2 Å². The van der Waals surface area contributed by atoms with Crippen LogP contribution in [-0.2, 0) is 11.3 Å². The first-order valence-corrected chi connectivity index (χ1v) is 8.57. The summed E-state index contributed by atoms with van der Waals surface area (Å²) in [5.41, 5.74) is 2.71. The number of carbonyl (C=O) groups excluding carboxylic acids is 1. The molecular formula is C20H18FN3O3. The Labute approximate surface area is 155 Å². The molecule has 2 aromatic carbocycles. The van der Waals surface area contributed by atoms with Gasteiger partial charge in [-0.1, -0.05) is 24.3 Å². The molecule has 1 fully saturated rings. The van der Waals surface area contributed by atoms with Crippen LogP contribution >= 0.6 is 0 Å². The number of imidazole rings is 1. The molecule has 138 valence electrons. The lowest BCUT2D eigenvalue weighted by atomic mass is 10.0. The molecule has 4 rings (SSSR count). The molecule has 0 unspecified atom stereocenters. The number of hydrogen-bond donors (Lipinski definition) is 1. The molecule has 1 N–H and O–H groups in total. The van der Waals surface area contributed by atoms with Gasteiger partial charge in [0.2, 0.25) is 0 Å². The van der Waals surface area contributed by atoms with Crippen LogP contribution in [0.2, 0.25) is 0 Å². The summed E-state index contributed by atoms with van der Waals surface area (Å²) in [4.78, 5) is 17.2. The number of hydrogen-bond acceptors (Lipinski definition) is 4. The molecule has 0 spiro atoms. The second kappa shape index (κ2) is 7.20. The number of cyclic esters (lactones) is 1. The molecule has 3 aromatic rings. The third-order valence-electron chi connectivity index (χ3n) is 4.53. The Bertz CT molecular complexity index is 942. The van der Waals surface area contributed by atoms with E-state index in [2.05, 4.69) is 4.98 Å². The van der Waals surface area contributed by atoms with Gasteiger partial charge in [-0.15, -0.1) is 0 Å². The number of aliphatic hydroxyl groups excluding tert-OH is 1. The zero-order chi connectivity index (χ0) is 18.8. The van der Waals surface area contributed by atoms with Crippen LogP contribution in [0, 0.1) is 5.82 Å². The van der Waals surface area contributed by atoms with Gasteiger partial charge in [-0.25, -0.2) is 14.2 Å². The lowest BCUT2D eigenvalue weighted by molar-refractivity contribution is 0.0963. The molecule has 2 heterocycles. The minimum atomic E-state index is -0.580. The average Bonchev–Trinajstić information content (AvgIpc) is 3.32. The summed E-state index contributed by atoms with van der Waals surface area (Å²) in [6, 6.07) is 12.3. The van der Waals surface area contributed by atoms with Gasteiger partial charge in [0.1, 0.15) is 11.9 Å². The van der Waals surface area contributed by atoms with Crippen molar-refractivity contribution in [2.24, 2.45) is 0 Å². The summed E-state index contributed by atoms with van der Waals surface area (Å²) in [5.74, 6) is -0.421. The van der Waals surface area contributed by atoms with Gasteiger partial charge in [0.15, 0.2) is 0 Å². The Morgan fingerprint density at radius 1 is 1.22 bits per heavy atom. The largest absolute Gasteiger partial charge is 0.441 e. The number of halogens is 1. The molecule has 1 saturated heterocycles. The Hall–Kier alpha value is -3.19. The van der Waals surface area contributed by atoms with Crippen LogP contribution < -0.4 is 4.90 Å². The summed E-state index contributed by atoms with van der Waals surface area (Å²) >= 11 is 0. The maximum absolute atomic E-state index is 14.7. The van der Waals surface area contributed by atoms with Gasteiger partial charge in [0, 0.05) is 24.5 Å². The molecule has 1 aliphatic heterocycles. The maximum Gasteiger partial charge on any atom is 0.414 e. The van der Waals surface area contributed by atoms with E-state index in [9.17, 15) is 9.18 Å². The minimum Gasteiger partial charge on any atom is -0.441 e. The van der Waals surface area contributed by atoms with Crippen molar-refractivity contribution in [3.8, 4) is 11.1 Å². The molecule has 1 atom stereocenters. The van der Waals surface area contributed by atoms with Crippen LogP contribution in [0.4, 0.5) is 14.9 Å². The highest BCUT2D eigenvalue weighted by Crippen LogP contribution is 2.29. The van der Waals surface area contributed by atoms with Crippen LogP contribution in [0.15, 0.2) is 61.2 Å². The van der Waals surface area contributed by atoms with Crippen molar-refractivity contribution in [3.63, 3.8) is 0 Å². The topological polar surface area (TPSA) is 67.6 Å². The molecule has 0 bridgehead atoms. The second-order valence-electron chi connectivity index (χ2n) is 6.40. The van der Waals surface area contributed by atoms with Crippen molar-refractivity contribution in [1.29, 1.82) is 0 Å². The Kier molecular flexibility index (Phi) is 4.60. The third kappa shape index (κ3) is 3.54. The first-order chi connectivity index (χ1) is 13.1. The predicted octanol–water partition coefficient (Wildman–Crippen LogP) is 3.06. The minimum absolute atomic E-state index is 0.205. The van der Waals surface area contributed by atoms with Crippen molar-refractivity contribution in [3.05, 3.63) is 72.6 Å². The molecule has 1 aromatic heterocycles. The zero-order valence-electron chi connectivity index (χ0n) is 14.5. The molecule has 1 aliphatic rings. The highest BCUT2D eigenvalue weighted by Gasteiger charge is 2.32. The van der Waals surface area contributed by atoms with Gasteiger partial charge in [-0.3, -0.25) is 4.90 Å². The number of aliphatic hydroxyl groups is 1. The van der Waals surface area contributed by atoms with Crippen molar-refractivity contribution in [1.82, 2.24) is 9.55 Å². The molecule has 1 amide bonds. The molecular weight excluding hydrogens is 349 g/mol. The SMILES string of the molecule is O=C1O[C@@H](CO)CN1c1ccc(-c2ccc(Cn3ccnc3)cc2)c(F)c1. The smallest absolute Gasteiger partial charge is 0.414 e. The van der Waals surface area contributed by atoms with E-state index in [4.69, 9.17) is 9.84 Å². The van der Waals surface area contributed by atoms with E-state index in [0.717, 1.165) is 11.1 Å². The fourth-order valence-corrected chi connectivity index (χ4v) is 3.11. The molecule has 0 saturated carbocycles. The monoisotopic (exact) mass is 367 g/mol. The predicted molar refractivity (Wildman–Crippen MR) is 97.9 cm³/mol. The lowest BCUT2D eigenvalue weighted by Gasteiger charge is -2.14. The summed E-state index contributed by atoms with van der Waals surface area (Å²) in [6.45, 7) is 0.649. The van der Waals surface area contributed by atoms with E-state index in [0.29, 0.717) is 17.8 Å². The van der Waals surface area contributed by atoms with E-state index in [-0.39, 0.29) is 13.2 Å². The van der Waals surface area contributed by atoms with Gasteiger partial charge in [0.25, 0.3) is 0 Å². The van der Waals surface area contributed by atoms with E-state index in [1.54, 1.807) is 24.7 Å². The highest BCUT2D eigenvalue weighted by atomic mass is 19.1. The number of ether oxygens (including phenoxy) is 1. The zero-order valence-corrected chi connectivity index (χ0v) is 14.5. The summed E-state index contributed by atoms with van der Waals surface area (Å²) in [5, 5.41) is 9.12. The van der Waals surface area contributed by atoms with Crippen LogP contribution in [0.1, 0.15) is 5.56 Å². The molecule has 6 nitrogen and oxygen atoms in total. The van der Waals surface area contributed by atoms with Crippen LogP contribution in [0.3, 0.4) is 0 Å². The van der Waals surface area contributed by atoms with Gasteiger partial charge in [-0.2, -0.15) is 0 Å². The first-order valence-electron chi connectivity index (χ1n) is 8.57. The van der Waals surface area contributed by atoms with E-state index >= 15 is 0 Å². The maximum atomic E-state index is 14.7. The standard InChI is InChI=1S/C20H18FN3O3/c21-19-9-16(24-11-17(12-25)27-20(24)26)5-6-18(19)15-3-1-14(2-4-15)10-23-8-7-22-13-23/h1-9,13,17,25H,10-12H2/t17-/m1/s1. The summed E-state index contributed by atoms with van der Waals surface area (Å²) in [6.07, 6.45) is 4.20. The average molecular weight is 367 g/mol. The first kappa shape index (κ1) is 17.2. The Morgan fingerprint density at radius 2 is 2.04 bits per heavy atom. The van der Waals surface area contributed by atoms with Crippen molar-refractivity contribution < 1.29 is 19.0 Å². The molecule has 0 aliphatic carbocycles. The normalized spacial score (nSPS) is 16.6. The van der Waals surface area contributed by atoms with Gasteiger partial charge < -0.3 is 14.4 Å². The van der Waals surface area contributed by atoms with Crippen LogP contribution in [0.5, 0.6) is 0 Å². The van der Waals surface area contributed by atoms with E-state index < -0.39 is 18.0 Å². The second-order valence-corrected chi connectivity index (χ2v) is 6.40. The molecule has 0 radical (unpaired) electrons. The summed E-state index contributed by atoms with van der Waals surface area (Å²) < 4.78 is 21.6. The number of nitrogens with zero attached hydrogens (tertiary/aromatic N) is 3. The molecule has 7 heteroatoms. The Morgan fingerprint density at radius 3 is 2.67 bits per heavy atom. The molecule has 27 heavy (non-hydrogen) atoms. The number of rotatable bonds is 5. The highest BCUT2D eigenvalue weighted by molar-refractivity contribution is 5.90. The van der Waals surface area contributed by atoms with Crippen molar-refractivity contribution in [2.45, 2.75) is 12.6 Å². The summed E-state index contributed by atoms with van der Waals surface area (Å²) in [7, 11) is 0.